The molecule has 2 amide bonds. The van der Waals surface area contributed by atoms with Crippen molar-refractivity contribution in [1.82, 2.24) is 19.6 Å². The molecule has 0 aliphatic carbocycles. The number of hydrogen-bond acceptors (Lipinski definition) is 6. The average molecular weight is 415 g/mol. The first-order chi connectivity index (χ1) is 14.1. The van der Waals surface area contributed by atoms with Crippen molar-refractivity contribution in [1.29, 1.82) is 0 Å². The molecule has 0 N–H and O–H groups in total. The van der Waals surface area contributed by atoms with Crippen molar-refractivity contribution in [3.05, 3.63) is 18.0 Å². The maximum atomic E-state index is 13.1. The number of aromatic nitrogens is 2. The molecule has 0 bridgehead atoms. The Balaban J connectivity index is 1.69. The van der Waals surface area contributed by atoms with E-state index in [-0.39, 0.29) is 18.0 Å². The summed E-state index contributed by atoms with van der Waals surface area (Å²) in [7, 11) is 1.83. The lowest BCUT2D eigenvalue weighted by atomic mass is 10.0. The summed E-state index contributed by atoms with van der Waals surface area (Å²) in [5.41, 5.74) is -0.183. The van der Waals surface area contributed by atoms with E-state index in [0.717, 1.165) is 5.69 Å². The summed E-state index contributed by atoms with van der Waals surface area (Å²) in [5, 5.41) is 12.5. The quantitative estimate of drug-likeness (QED) is 0.669. The second-order valence-electron chi connectivity index (χ2n) is 8.80. The molecule has 1 atom stereocenters. The molecule has 3 heterocycles. The van der Waals surface area contributed by atoms with E-state index in [1.165, 1.54) is 0 Å². The molecule has 3 rings (SSSR count). The van der Waals surface area contributed by atoms with Crippen LogP contribution in [0.2, 0.25) is 0 Å². The molecule has 1 aromatic heterocycles. The number of hydrogen-bond donors (Lipinski definition) is 0. The van der Waals surface area contributed by atoms with Crippen LogP contribution in [-0.2, 0) is 16.6 Å². The van der Waals surface area contributed by atoms with Gasteiger partial charge in [-0.3, -0.25) is 9.48 Å². The zero-order chi connectivity index (χ0) is 21.9. The van der Waals surface area contributed by atoms with Gasteiger partial charge >= 0.3 is 6.09 Å². The normalized spacial score (nSPS) is 20.0. The highest BCUT2D eigenvalue weighted by molar-refractivity contribution is 5.77. The highest BCUT2D eigenvalue weighted by Gasteiger charge is 2.41. The van der Waals surface area contributed by atoms with Gasteiger partial charge in [-0.05, 0) is 26.8 Å². The van der Waals surface area contributed by atoms with Gasteiger partial charge in [0.15, 0.2) is 5.66 Å². The minimum Gasteiger partial charge on any atom is -0.444 e. The number of amides is 2. The number of ether oxygens (including phenoxy) is 1. The average Bonchev–Trinajstić information content (AvgIpc) is 3.34. The Labute approximate surface area is 177 Å². The third-order valence-electron chi connectivity index (χ3n) is 5.34. The predicted molar refractivity (Wildman–Crippen MR) is 110 cm³/mol. The lowest BCUT2D eigenvalue weighted by Gasteiger charge is -2.41. The SMILES string of the molecule is C#CCCC1(CCC(=O)N2CCN(C(=O)OC(C)(C)C)CC2c2ccnn2C)N=N1. The van der Waals surface area contributed by atoms with Gasteiger partial charge in [0, 0.05) is 52.0 Å². The Bertz CT molecular complexity index is 857. The number of carbonyl (C=O) groups excluding carboxylic acids is 2. The zero-order valence-corrected chi connectivity index (χ0v) is 18.2. The smallest absolute Gasteiger partial charge is 0.410 e. The van der Waals surface area contributed by atoms with Crippen LogP contribution in [0.1, 0.15) is 58.2 Å². The first-order valence-electron chi connectivity index (χ1n) is 10.3. The maximum Gasteiger partial charge on any atom is 0.410 e. The molecule has 9 heteroatoms. The molecule has 2 aliphatic heterocycles. The van der Waals surface area contributed by atoms with Crippen LogP contribution in [0.5, 0.6) is 0 Å². The second kappa shape index (κ2) is 8.46. The van der Waals surface area contributed by atoms with Gasteiger partial charge in [0.05, 0.1) is 18.3 Å². The fraction of sp³-hybridized carbons (Fsp3) is 0.667. The lowest BCUT2D eigenvalue weighted by Crippen LogP contribution is -2.53. The first-order valence-corrected chi connectivity index (χ1v) is 10.3. The molecule has 2 aliphatic rings. The van der Waals surface area contributed by atoms with Gasteiger partial charge in [0.1, 0.15) is 5.60 Å². The third kappa shape index (κ3) is 5.17. The summed E-state index contributed by atoms with van der Waals surface area (Å²) in [6.45, 7) is 6.73. The molecule has 0 saturated carbocycles. The number of carbonyl (C=O) groups is 2. The van der Waals surface area contributed by atoms with Crippen LogP contribution in [0, 0.1) is 12.3 Å². The second-order valence-corrected chi connectivity index (χ2v) is 8.80. The summed E-state index contributed by atoms with van der Waals surface area (Å²) >= 11 is 0. The van der Waals surface area contributed by atoms with E-state index in [9.17, 15) is 9.59 Å². The van der Waals surface area contributed by atoms with Crippen molar-refractivity contribution in [3.63, 3.8) is 0 Å². The van der Waals surface area contributed by atoms with Crippen molar-refractivity contribution in [2.75, 3.05) is 19.6 Å². The largest absolute Gasteiger partial charge is 0.444 e. The van der Waals surface area contributed by atoms with Crippen LogP contribution in [0.15, 0.2) is 22.5 Å². The Morgan fingerprint density at radius 3 is 2.60 bits per heavy atom. The maximum absolute atomic E-state index is 13.1. The molecule has 1 aromatic rings. The van der Waals surface area contributed by atoms with Gasteiger partial charge in [-0.15, -0.1) is 12.3 Å². The highest BCUT2D eigenvalue weighted by Crippen LogP contribution is 2.38. The molecule has 162 valence electrons. The topological polar surface area (TPSA) is 92.4 Å². The molecule has 1 saturated heterocycles. The fourth-order valence-corrected chi connectivity index (χ4v) is 3.66. The highest BCUT2D eigenvalue weighted by atomic mass is 16.6. The fourth-order valence-electron chi connectivity index (χ4n) is 3.66. The molecule has 30 heavy (non-hydrogen) atoms. The van der Waals surface area contributed by atoms with E-state index in [2.05, 4.69) is 21.2 Å². The number of piperazine rings is 1. The van der Waals surface area contributed by atoms with Crippen molar-refractivity contribution in [3.8, 4) is 12.3 Å². The van der Waals surface area contributed by atoms with Crippen LogP contribution >= 0.6 is 0 Å². The van der Waals surface area contributed by atoms with Gasteiger partial charge in [-0.2, -0.15) is 15.3 Å². The van der Waals surface area contributed by atoms with Gasteiger partial charge in [0.2, 0.25) is 5.91 Å². The minimum absolute atomic E-state index is 0.0161. The van der Waals surface area contributed by atoms with Crippen molar-refractivity contribution in [2.24, 2.45) is 17.3 Å². The summed E-state index contributed by atoms with van der Waals surface area (Å²) in [6, 6.07) is 1.59. The summed E-state index contributed by atoms with van der Waals surface area (Å²) in [4.78, 5) is 29.2. The number of terminal acetylenes is 1. The van der Waals surface area contributed by atoms with E-state index < -0.39 is 11.3 Å². The minimum atomic E-state index is -0.573. The van der Waals surface area contributed by atoms with Crippen LogP contribution in [0.4, 0.5) is 4.79 Å². The standard InChI is InChI=1S/C21H30N6O3/c1-6-7-10-21(23-24-21)11-8-18(28)27-14-13-26(19(29)30-20(2,3)4)15-17(27)16-9-12-22-25(16)5/h1,9,12,17H,7-8,10-11,13-15H2,2-5H3. The summed E-state index contributed by atoms with van der Waals surface area (Å²) in [6.07, 6.45) is 8.82. The van der Waals surface area contributed by atoms with Gasteiger partial charge in [0.25, 0.3) is 0 Å². The first kappa shape index (κ1) is 21.8. The number of rotatable bonds is 6. The molecule has 0 spiro atoms. The van der Waals surface area contributed by atoms with E-state index >= 15 is 0 Å². The van der Waals surface area contributed by atoms with Crippen molar-refractivity contribution < 1.29 is 14.3 Å². The van der Waals surface area contributed by atoms with Crippen LogP contribution < -0.4 is 0 Å². The Morgan fingerprint density at radius 2 is 2.03 bits per heavy atom. The van der Waals surface area contributed by atoms with Crippen molar-refractivity contribution >= 4 is 12.0 Å². The molecule has 0 radical (unpaired) electrons. The predicted octanol–water partition coefficient (Wildman–Crippen LogP) is 2.90. The molecule has 1 fully saturated rings. The van der Waals surface area contributed by atoms with E-state index in [1.807, 2.05) is 38.8 Å². The van der Waals surface area contributed by atoms with Gasteiger partial charge in [-0.1, -0.05) is 0 Å². The Hall–Kier alpha value is -2.89. The zero-order valence-electron chi connectivity index (χ0n) is 18.2. The van der Waals surface area contributed by atoms with E-state index in [4.69, 9.17) is 11.2 Å². The molecular weight excluding hydrogens is 384 g/mol. The van der Waals surface area contributed by atoms with Gasteiger partial charge < -0.3 is 14.5 Å². The van der Waals surface area contributed by atoms with E-state index in [0.29, 0.717) is 45.3 Å². The Morgan fingerprint density at radius 1 is 1.30 bits per heavy atom. The van der Waals surface area contributed by atoms with Crippen molar-refractivity contribution in [2.45, 2.75) is 63.8 Å². The van der Waals surface area contributed by atoms with E-state index in [1.54, 1.807) is 15.8 Å². The molecule has 9 nitrogen and oxygen atoms in total. The summed E-state index contributed by atoms with van der Waals surface area (Å²) < 4.78 is 7.27. The number of nitrogens with zero attached hydrogens (tertiary/aromatic N) is 6. The summed E-state index contributed by atoms with van der Waals surface area (Å²) in [5.74, 6) is 2.62. The molecular formula is C21H30N6O3. The van der Waals surface area contributed by atoms with Crippen LogP contribution in [-0.4, -0.2) is 62.5 Å². The molecule has 1 unspecified atom stereocenters. The van der Waals surface area contributed by atoms with Crippen LogP contribution in [0.3, 0.4) is 0 Å². The lowest BCUT2D eigenvalue weighted by molar-refractivity contribution is -0.136. The van der Waals surface area contributed by atoms with Gasteiger partial charge in [-0.25, -0.2) is 4.79 Å². The number of aryl methyl sites for hydroxylation is 1. The van der Waals surface area contributed by atoms with Crippen LogP contribution in [0.25, 0.3) is 0 Å². The Kier molecular flexibility index (Phi) is 6.15. The third-order valence-corrected chi connectivity index (χ3v) is 5.34. The monoisotopic (exact) mass is 414 g/mol. The molecule has 0 aromatic carbocycles.